The number of aliphatic hydroxyl groups is 1. The van der Waals surface area contributed by atoms with Crippen LogP contribution >= 0.6 is 0 Å². The van der Waals surface area contributed by atoms with Crippen molar-refractivity contribution in [3.8, 4) is 0 Å². The van der Waals surface area contributed by atoms with Crippen molar-refractivity contribution in [2.24, 2.45) is 0 Å². The molecule has 0 bridgehead atoms. The number of amides is 1. The van der Waals surface area contributed by atoms with Gasteiger partial charge in [-0.2, -0.15) is 0 Å². The van der Waals surface area contributed by atoms with Crippen LogP contribution in [0.4, 0.5) is 0 Å². The van der Waals surface area contributed by atoms with E-state index in [0.29, 0.717) is 12.1 Å². The summed E-state index contributed by atoms with van der Waals surface area (Å²) < 4.78 is 0. The van der Waals surface area contributed by atoms with Crippen molar-refractivity contribution in [3.05, 3.63) is 76.4 Å². The second kappa shape index (κ2) is 9.08. The Morgan fingerprint density at radius 1 is 0.897 bits per heavy atom. The van der Waals surface area contributed by atoms with Crippen LogP contribution in [0.2, 0.25) is 0 Å². The summed E-state index contributed by atoms with van der Waals surface area (Å²) in [5.74, 6) is -1.24. The third-order valence-electron chi connectivity index (χ3n) is 5.51. The number of hydrogen-bond donors (Lipinski definition) is 1. The Balaban J connectivity index is 2.05. The van der Waals surface area contributed by atoms with E-state index >= 15 is 0 Å². The Morgan fingerprint density at radius 2 is 1.48 bits per heavy atom. The summed E-state index contributed by atoms with van der Waals surface area (Å²) in [5.41, 5.74) is 3.74. The molecule has 1 N–H and O–H groups in total. The van der Waals surface area contributed by atoms with Crippen molar-refractivity contribution in [2.45, 2.75) is 52.5 Å². The number of benzene rings is 2. The van der Waals surface area contributed by atoms with E-state index in [1.54, 1.807) is 17.0 Å². The largest absolute Gasteiger partial charge is 0.507 e. The van der Waals surface area contributed by atoms with Gasteiger partial charge >= 0.3 is 0 Å². The Labute approximate surface area is 172 Å². The molecule has 152 valence electrons. The van der Waals surface area contributed by atoms with Crippen LogP contribution < -0.4 is 0 Å². The highest BCUT2D eigenvalue weighted by Gasteiger charge is 2.45. The van der Waals surface area contributed by atoms with Crippen LogP contribution in [0.15, 0.2) is 54.1 Å². The summed E-state index contributed by atoms with van der Waals surface area (Å²) in [5, 5.41) is 11.0. The van der Waals surface area contributed by atoms with E-state index in [2.05, 4.69) is 6.92 Å². The van der Waals surface area contributed by atoms with Crippen LogP contribution in [0, 0.1) is 13.8 Å². The first-order valence-corrected chi connectivity index (χ1v) is 10.4. The topological polar surface area (TPSA) is 57.6 Å². The average molecular weight is 392 g/mol. The minimum atomic E-state index is -0.607. The second-order valence-corrected chi connectivity index (χ2v) is 7.83. The third kappa shape index (κ3) is 4.42. The fourth-order valence-electron chi connectivity index (χ4n) is 3.78. The van der Waals surface area contributed by atoms with Gasteiger partial charge in [-0.1, -0.05) is 85.8 Å². The molecule has 2 aromatic rings. The lowest BCUT2D eigenvalue weighted by Gasteiger charge is -2.25. The number of aliphatic hydroxyl groups excluding tert-OH is 1. The standard InChI is InChI=1S/C25H29NO3/c1-4-5-6-7-16-26-22(19-12-8-17(2)9-13-19)21(24(28)25(26)29)23(27)20-14-10-18(3)11-15-20/h8-15,22,27H,4-7,16H2,1-3H3/b23-21+/t22-/m0/s1. The van der Waals surface area contributed by atoms with Crippen molar-refractivity contribution in [3.63, 3.8) is 0 Å². The van der Waals surface area contributed by atoms with E-state index in [0.717, 1.165) is 42.4 Å². The van der Waals surface area contributed by atoms with Gasteiger partial charge in [-0.15, -0.1) is 0 Å². The molecule has 1 aliphatic heterocycles. The Morgan fingerprint density at radius 3 is 2.07 bits per heavy atom. The summed E-state index contributed by atoms with van der Waals surface area (Å²) >= 11 is 0. The van der Waals surface area contributed by atoms with Gasteiger partial charge in [0, 0.05) is 12.1 Å². The number of rotatable bonds is 7. The van der Waals surface area contributed by atoms with E-state index in [1.165, 1.54) is 0 Å². The quantitative estimate of drug-likeness (QED) is 0.301. The maximum absolute atomic E-state index is 12.9. The van der Waals surface area contributed by atoms with E-state index in [1.807, 2.05) is 50.2 Å². The number of carbonyl (C=O) groups excluding carboxylic acids is 2. The molecule has 0 spiro atoms. The molecule has 0 radical (unpaired) electrons. The van der Waals surface area contributed by atoms with Crippen LogP contribution in [0.1, 0.15) is 60.9 Å². The van der Waals surface area contributed by atoms with E-state index in [9.17, 15) is 14.7 Å². The Kier molecular flexibility index (Phi) is 6.53. The van der Waals surface area contributed by atoms with Gasteiger partial charge in [0.1, 0.15) is 5.76 Å². The fourth-order valence-corrected chi connectivity index (χ4v) is 3.78. The van der Waals surface area contributed by atoms with Gasteiger partial charge in [0.15, 0.2) is 0 Å². The normalized spacial score (nSPS) is 18.4. The van der Waals surface area contributed by atoms with Crippen molar-refractivity contribution >= 4 is 17.4 Å². The van der Waals surface area contributed by atoms with Gasteiger partial charge < -0.3 is 10.0 Å². The number of Topliss-reactive ketones (excluding diaryl/α,β-unsaturated/α-hetero) is 1. The Bertz CT molecular complexity index is 910. The van der Waals surface area contributed by atoms with Gasteiger partial charge in [-0.3, -0.25) is 9.59 Å². The van der Waals surface area contributed by atoms with Crippen molar-refractivity contribution in [1.82, 2.24) is 4.90 Å². The maximum Gasteiger partial charge on any atom is 0.295 e. The molecule has 1 aliphatic rings. The van der Waals surface area contributed by atoms with Crippen molar-refractivity contribution < 1.29 is 14.7 Å². The van der Waals surface area contributed by atoms with E-state index < -0.39 is 17.7 Å². The zero-order chi connectivity index (χ0) is 21.0. The molecule has 2 aromatic carbocycles. The summed E-state index contributed by atoms with van der Waals surface area (Å²) in [4.78, 5) is 27.4. The number of hydrogen-bond acceptors (Lipinski definition) is 3. The molecule has 1 amide bonds. The molecule has 4 nitrogen and oxygen atoms in total. The summed E-state index contributed by atoms with van der Waals surface area (Å²) in [7, 11) is 0. The molecular formula is C25H29NO3. The second-order valence-electron chi connectivity index (χ2n) is 7.83. The van der Waals surface area contributed by atoms with Crippen LogP contribution in [0.5, 0.6) is 0 Å². The molecule has 3 rings (SSSR count). The fraction of sp³-hybridized carbons (Fsp3) is 0.360. The van der Waals surface area contributed by atoms with Gasteiger partial charge in [-0.25, -0.2) is 0 Å². The van der Waals surface area contributed by atoms with Gasteiger partial charge in [0.2, 0.25) is 0 Å². The minimum Gasteiger partial charge on any atom is -0.507 e. The molecule has 1 saturated heterocycles. The molecule has 0 saturated carbocycles. The lowest BCUT2D eigenvalue weighted by molar-refractivity contribution is -0.139. The Hall–Kier alpha value is -2.88. The first kappa shape index (κ1) is 20.8. The lowest BCUT2D eigenvalue weighted by atomic mass is 9.94. The van der Waals surface area contributed by atoms with Gasteiger partial charge in [0.25, 0.3) is 11.7 Å². The SMILES string of the molecule is CCCCCCN1C(=O)C(=O)/C(=C(/O)c2ccc(C)cc2)[C@@H]1c1ccc(C)cc1. The van der Waals surface area contributed by atoms with Gasteiger partial charge in [0.05, 0.1) is 11.6 Å². The van der Waals surface area contributed by atoms with E-state index in [4.69, 9.17) is 0 Å². The third-order valence-corrected chi connectivity index (χ3v) is 5.51. The minimum absolute atomic E-state index is 0.106. The number of aryl methyl sites for hydroxylation is 2. The maximum atomic E-state index is 12.9. The van der Waals surface area contributed by atoms with Crippen LogP contribution in [0.25, 0.3) is 5.76 Å². The number of ketones is 1. The van der Waals surface area contributed by atoms with Crippen LogP contribution in [-0.4, -0.2) is 28.2 Å². The predicted octanol–water partition coefficient (Wildman–Crippen LogP) is 5.31. The molecule has 0 aliphatic carbocycles. The highest BCUT2D eigenvalue weighted by molar-refractivity contribution is 6.46. The summed E-state index contributed by atoms with van der Waals surface area (Å²) in [6, 6.07) is 14.6. The zero-order valence-electron chi connectivity index (χ0n) is 17.4. The average Bonchev–Trinajstić information content (AvgIpc) is 2.96. The molecule has 4 heteroatoms. The van der Waals surface area contributed by atoms with Gasteiger partial charge in [-0.05, 0) is 25.8 Å². The molecule has 0 aromatic heterocycles. The molecule has 29 heavy (non-hydrogen) atoms. The van der Waals surface area contributed by atoms with Crippen molar-refractivity contribution in [1.29, 1.82) is 0 Å². The van der Waals surface area contributed by atoms with Crippen LogP contribution in [0.3, 0.4) is 0 Å². The van der Waals surface area contributed by atoms with Crippen LogP contribution in [-0.2, 0) is 9.59 Å². The molecular weight excluding hydrogens is 362 g/mol. The first-order chi connectivity index (χ1) is 13.9. The number of likely N-dealkylation sites (tertiary alicyclic amines) is 1. The highest BCUT2D eigenvalue weighted by atomic mass is 16.3. The smallest absolute Gasteiger partial charge is 0.295 e. The highest BCUT2D eigenvalue weighted by Crippen LogP contribution is 2.39. The number of unbranched alkanes of at least 4 members (excludes halogenated alkanes) is 3. The van der Waals surface area contributed by atoms with E-state index in [-0.39, 0.29) is 11.3 Å². The first-order valence-electron chi connectivity index (χ1n) is 10.4. The lowest BCUT2D eigenvalue weighted by Crippen LogP contribution is -2.30. The zero-order valence-corrected chi connectivity index (χ0v) is 17.4. The molecule has 0 unspecified atom stereocenters. The molecule has 1 heterocycles. The number of carbonyl (C=O) groups is 2. The van der Waals surface area contributed by atoms with Crippen molar-refractivity contribution in [2.75, 3.05) is 6.54 Å². The monoisotopic (exact) mass is 391 g/mol. The molecule has 1 atom stereocenters. The predicted molar refractivity (Wildman–Crippen MR) is 116 cm³/mol. The molecule has 1 fully saturated rings. The summed E-state index contributed by atoms with van der Waals surface area (Å²) in [6.07, 6.45) is 4.06. The number of nitrogens with zero attached hydrogens (tertiary/aromatic N) is 1. The summed E-state index contributed by atoms with van der Waals surface area (Å²) in [6.45, 7) is 6.61.